The van der Waals surface area contributed by atoms with Gasteiger partial charge < -0.3 is 14.4 Å². The molecule has 1 aromatic carbocycles. The van der Waals surface area contributed by atoms with E-state index < -0.39 is 0 Å². The van der Waals surface area contributed by atoms with Crippen LogP contribution < -0.4 is 9.64 Å². The maximum Gasteiger partial charge on any atom is 0.137 e. The summed E-state index contributed by atoms with van der Waals surface area (Å²) in [6, 6.07) is 6.55. The number of benzene rings is 1. The number of ether oxygens (including phenoxy) is 2. The summed E-state index contributed by atoms with van der Waals surface area (Å²) in [5, 5.41) is 0. The maximum atomic E-state index is 5.95. The van der Waals surface area contributed by atoms with Crippen LogP contribution >= 0.6 is 0 Å². The first-order valence-corrected chi connectivity index (χ1v) is 7.62. The van der Waals surface area contributed by atoms with Crippen molar-refractivity contribution in [2.75, 3.05) is 39.5 Å². The molecule has 20 heavy (non-hydrogen) atoms. The minimum absolute atomic E-state index is 0.196. The third kappa shape index (κ3) is 4.22. The van der Waals surface area contributed by atoms with Crippen molar-refractivity contribution < 1.29 is 14.4 Å². The Morgan fingerprint density at radius 1 is 1.20 bits per heavy atom. The summed E-state index contributed by atoms with van der Waals surface area (Å²) in [4.78, 5) is 1.58. The number of hydrogen-bond donors (Lipinski definition) is 1. The van der Waals surface area contributed by atoms with Gasteiger partial charge in [-0.05, 0) is 29.5 Å². The van der Waals surface area contributed by atoms with Crippen LogP contribution in [0.15, 0.2) is 18.2 Å². The van der Waals surface area contributed by atoms with E-state index in [1.54, 1.807) is 4.90 Å². The quantitative estimate of drug-likeness (QED) is 0.904. The van der Waals surface area contributed by atoms with E-state index in [0.29, 0.717) is 0 Å². The van der Waals surface area contributed by atoms with Crippen LogP contribution in [0.5, 0.6) is 5.75 Å². The average molecular weight is 278 g/mol. The molecular formula is C17H28NO2+. The lowest BCUT2D eigenvalue weighted by atomic mass is 9.86. The van der Waals surface area contributed by atoms with Crippen LogP contribution in [-0.2, 0) is 10.2 Å². The van der Waals surface area contributed by atoms with Gasteiger partial charge in [0.2, 0.25) is 0 Å². The lowest BCUT2D eigenvalue weighted by Crippen LogP contribution is -3.14. The molecular weight excluding hydrogens is 250 g/mol. The Hall–Kier alpha value is -1.06. The first-order chi connectivity index (χ1) is 9.47. The summed E-state index contributed by atoms with van der Waals surface area (Å²) in [6.07, 6.45) is 0. The van der Waals surface area contributed by atoms with Crippen molar-refractivity contribution in [1.82, 2.24) is 0 Å². The lowest BCUT2D eigenvalue weighted by Gasteiger charge is -2.24. The van der Waals surface area contributed by atoms with Crippen LogP contribution in [0.1, 0.15) is 31.9 Å². The summed E-state index contributed by atoms with van der Waals surface area (Å²) in [5.41, 5.74) is 2.79. The largest absolute Gasteiger partial charge is 0.487 e. The van der Waals surface area contributed by atoms with Gasteiger partial charge in [0.05, 0.1) is 13.2 Å². The molecule has 0 aromatic heterocycles. The van der Waals surface area contributed by atoms with Crippen LogP contribution in [0.3, 0.4) is 0 Å². The highest BCUT2D eigenvalue weighted by Gasteiger charge is 2.16. The molecule has 0 aliphatic carbocycles. The number of rotatable bonds is 4. The van der Waals surface area contributed by atoms with E-state index in [0.717, 1.165) is 45.2 Å². The highest BCUT2D eigenvalue weighted by molar-refractivity contribution is 5.38. The minimum Gasteiger partial charge on any atom is -0.487 e. The molecule has 0 saturated carbocycles. The predicted octanol–water partition coefficient (Wildman–Crippen LogP) is 1.59. The molecule has 2 rings (SSSR count). The number of morpholine rings is 1. The average Bonchev–Trinajstić information content (AvgIpc) is 2.40. The molecule has 1 aromatic rings. The summed E-state index contributed by atoms with van der Waals surface area (Å²) in [5.74, 6) is 1.02. The fraction of sp³-hybridized carbons (Fsp3) is 0.647. The fourth-order valence-corrected chi connectivity index (χ4v) is 2.49. The van der Waals surface area contributed by atoms with Crippen molar-refractivity contribution in [3.8, 4) is 5.75 Å². The Morgan fingerprint density at radius 3 is 2.50 bits per heavy atom. The second-order valence-corrected chi connectivity index (χ2v) is 6.69. The Kier molecular flexibility index (Phi) is 5.06. The van der Waals surface area contributed by atoms with Crippen LogP contribution in [-0.4, -0.2) is 39.5 Å². The van der Waals surface area contributed by atoms with E-state index in [9.17, 15) is 0 Å². The highest BCUT2D eigenvalue weighted by atomic mass is 16.5. The molecule has 1 N–H and O–H groups in total. The second-order valence-electron chi connectivity index (χ2n) is 6.69. The van der Waals surface area contributed by atoms with Crippen molar-refractivity contribution in [3.05, 3.63) is 29.3 Å². The molecule has 0 atom stereocenters. The van der Waals surface area contributed by atoms with Crippen molar-refractivity contribution in [2.24, 2.45) is 0 Å². The zero-order valence-electron chi connectivity index (χ0n) is 13.3. The van der Waals surface area contributed by atoms with Crippen molar-refractivity contribution in [3.63, 3.8) is 0 Å². The van der Waals surface area contributed by atoms with Gasteiger partial charge in [-0.2, -0.15) is 0 Å². The molecule has 3 nitrogen and oxygen atoms in total. The monoisotopic (exact) mass is 278 g/mol. The van der Waals surface area contributed by atoms with Gasteiger partial charge in [0.1, 0.15) is 32.0 Å². The molecule has 0 bridgehead atoms. The van der Waals surface area contributed by atoms with Gasteiger partial charge in [0.15, 0.2) is 0 Å². The van der Waals surface area contributed by atoms with E-state index in [1.807, 2.05) is 0 Å². The molecule has 0 spiro atoms. The Labute approximate surface area is 122 Å². The first kappa shape index (κ1) is 15.3. The predicted molar refractivity (Wildman–Crippen MR) is 81.8 cm³/mol. The number of quaternary nitrogens is 1. The Morgan fingerprint density at radius 2 is 1.90 bits per heavy atom. The maximum absolute atomic E-state index is 5.95. The normalized spacial score (nSPS) is 17.2. The fourth-order valence-electron chi connectivity index (χ4n) is 2.49. The minimum atomic E-state index is 0.196. The van der Waals surface area contributed by atoms with E-state index in [-0.39, 0.29) is 5.41 Å². The van der Waals surface area contributed by atoms with E-state index >= 15 is 0 Å². The van der Waals surface area contributed by atoms with Crippen molar-refractivity contribution >= 4 is 0 Å². The highest BCUT2D eigenvalue weighted by Crippen LogP contribution is 2.27. The van der Waals surface area contributed by atoms with Gasteiger partial charge in [-0.25, -0.2) is 0 Å². The van der Waals surface area contributed by atoms with Crippen LogP contribution in [0.4, 0.5) is 0 Å². The molecule has 1 aliphatic rings. The molecule has 0 unspecified atom stereocenters. The first-order valence-electron chi connectivity index (χ1n) is 7.62. The van der Waals surface area contributed by atoms with E-state index in [1.165, 1.54) is 11.1 Å². The molecule has 1 aliphatic heterocycles. The lowest BCUT2D eigenvalue weighted by molar-refractivity contribution is -0.908. The zero-order chi connectivity index (χ0) is 14.6. The van der Waals surface area contributed by atoms with Gasteiger partial charge in [0, 0.05) is 0 Å². The number of nitrogens with one attached hydrogen (secondary N) is 1. The summed E-state index contributed by atoms with van der Waals surface area (Å²) < 4.78 is 11.3. The summed E-state index contributed by atoms with van der Waals surface area (Å²) in [6.45, 7) is 14.7. The van der Waals surface area contributed by atoms with Gasteiger partial charge >= 0.3 is 0 Å². The summed E-state index contributed by atoms with van der Waals surface area (Å²) >= 11 is 0. The SMILES string of the molecule is Cc1cc(C(C)(C)C)ccc1OCC[NH+]1CCOCC1. The third-order valence-corrected chi connectivity index (χ3v) is 3.95. The van der Waals surface area contributed by atoms with Gasteiger partial charge in [-0.1, -0.05) is 32.9 Å². The van der Waals surface area contributed by atoms with Crippen LogP contribution in [0.25, 0.3) is 0 Å². The molecule has 112 valence electrons. The zero-order valence-corrected chi connectivity index (χ0v) is 13.3. The topological polar surface area (TPSA) is 22.9 Å². The van der Waals surface area contributed by atoms with Gasteiger partial charge in [-0.3, -0.25) is 0 Å². The third-order valence-electron chi connectivity index (χ3n) is 3.95. The molecule has 0 radical (unpaired) electrons. The number of aryl methyl sites for hydroxylation is 1. The van der Waals surface area contributed by atoms with Gasteiger partial charge in [-0.15, -0.1) is 0 Å². The number of hydrogen-bond acceptors (Lipinski definition) is 2. The molecule has 1 fully saturated rings. The molecule has 3 heteroatoms. The summed E-state index contributed by atoms with van der Waals surface area (Å²) in [7, 11) is 0. The van der Waals surface area contributed by atoms with Crippen LogP contribution in [0.2, 0.25) is 0 Å². The van der Waals surface area contributed by atoms with E-state index in [4.69, 9.17) is 9.47 Å². The Balaban J connectivity index is 1.86. The second kappa shape index (κ2) is 6.59. The van der Waals surface area contributed by atoms with Crippen molar-refractivity contribution in [2.45, 2.75) is 33.1 Å². The van der Waals surface area contributed by atoms with Crippen LogP contribution in [0, 0.1) is 6.92 Å². The van der Waals surface area contributed by atoms with Gasteiger partial charge in [0.25, 0.3) is 0 Å². The van der Waals surface area contributed by atoms with E-state index in [2.05, 4.69) is 45.9 Å². The standard InChI is InChI=1S/C17H27NO2/c1-14-13-15(17(2,3)4)5-6-16(14)20-12-9-18-7-10-19-11-8-18/h5-6,13H,7-12H2,1-4H3/p+1. The molecule has 1 heterocycles. The molecule has 1 saturated heterocycles. The molecule has 0 amide bonds. The Bertz CT molecular complexity index is 431. The smallest absolute Gasteiger partial charge is 0.137 e. The van der Waals surface area contributed by atoms with Crippen molar-refractivity contribution in [1.29, 1.82) is 0 Å².